The number of rotatable bonds is 12. The highest BCUT2D eigenvalue weighted by Gasteiger charge is 2.10. The first-order valence-electron chi connectivity index (χ1n) is 11.1. The molecule has 2 rings (SSSR count). The lowest BCUT2D eigenvalue weighted by Crippen LogP contribution is -2.03. The molecule has 0 aliphatic carbocycles. The molecule has 0 amide bonds. The van der Waals surface area contributed by atoms with Crippen molar-refractivity contribution < 1.29 is 9.47 Å². The molecule has 30 heavy (non-hydrogen) atoms. The van der Waals surface area contributed by atoms with Gasteiger partial charge in [-0.05, 0) is 25.0 Å². The van der Waals surface area contributed by atoms with Crippen molar-refractivity contribution in [3.05, 3.63) is 53.3 Å². The number of hydrogen-bond acceptors (Lipinski definition) is 3. The van der Waals surface area contributed by atoms with Crippen LogP contribution in [0.2, 0.25) is 0 Å². The largest absolute Gasteiger partial charge is 0.492 e. The molecule has 0 spiro atoms. The maximum Gasteiger partial charge on any atom is 0.136 e. The summed E-state index contributed by atoms with van der Waals surface area (Å²) < 4.78 is 12.1. The number of aromatic nitrogens is 1. The molecular formula is C27H33NO2. The van der Waals surface area contributed by atoms with Crippen molar-refractivity contribution >= 4 is 0 Å². The van der Waals surface area contributed by atoms with E-state index in [2.05, 4.69) is 36.6 Å². The van der Waals surface area contributed by atoms with Crippen LogP contribution in [-0.4, -0.2) is 18.2 Å². The summed E-state index contributed by atoms with van der Waals surface area (Å²) in [5.74, 6) is 10.6. The maximum atomic E-state index is 6.06. The van der Waals surface area contributed by atoms with Crippen LogP contribution in [-0.2, 0) is 0 Å². The van der Waals surface area contributed by atoms with Crippen LogP contribution in [0.25, 0.3) is 0 Å². The van der Waals surface area contributed by atoms with Gasteiger partial charge in [0, 0.05) is 30.1 Å². The van der Waals surface area contributed by atoms with Crippen molar-refractivity contribution in [2.75, 3.05) is 13.2 Å². The summed E-state index contributed by atoms with van der Waals surface area (Å²) in [7, 11) is 0. The zero-order chi connectivity index (χ0) is 21.4. The Bertz CT molecular complexity index is 856. The highest BCUT2D eigenvalue weighted by molar-refractivity contribution is 5.59. The first kappa shape index (κ1) is 23.4. The Morgan fingerprint density at radius 3 is 1.90 bits per heavy atom. The third-order valence-corrected chi connectivity index (χ3v) is 4.77. The van der Waals surface area contributed by atoms with Gasteiger partial charge in [-0.1, -0.05) is 70.1 Å². The molecule has 2 aromatic rings. The van der Waals surface area contributed by atoms with Crippen LogP contribution >= 0.6 is 0 Å². The second-order valence-electron chi connectivity index (χ2n) is 7.29. The summed E-state index contributed by atoms with van der Waals surface area (Å²) in [6.45, 7) is 5.72. The predicted molar refractivity (Wildman–Crippen MR) is 124 cm³/mol. The van der Waals surface area contributed by atoms with Gasteiger partial charge in [0.15, 0.2) is 0 Å². The lowest BCUT2D eigenvalue weighted by Gasteiger charge is -2.13. The van der Waals surface area contributed by atoms with Crippen LogP contribution in [0.1, 0.15) is 81.9 Å². The van der Waals surface area contributed by atoms with Gasteiger partial charge < -0.3 is 9.47 Å². The van der Waals surface area contributed by atoms with E-state index in [9.17, 15) is 0 Å². The monoisotopic (exact) mass is 403 g/mol. The number of unbranched alkanes of at least 4 members (excludes halogenated alkanes) is 6. The maximum absolute atomic E-state index is 6.06. The smallest absolute Gasteiger partial charge is 0.136 e. The van der Waals surface area contributed by atoms with Crippen molar-refractivity contribution in [3.8, 4) is 35.7 Å². The highest BCUT2D eigenvalue weighted by atomic mass is 16.5. The normalized spacial score (nSPS) is 10.0. The van der Waals surface area contributed by atoms with Gasteiger partial charge in [0.25, 0.3) is 0 Å². The summed E-state index contributed by atoms with van der Waals surface area (Å²) in [4.78, 5) is 4.04. The Labute approximate surface area is 182 Å². The summed E-state index contributed by atoms with van der Waals surface area (Å²) in [5.41, 5.74) is 2.41. The standard InChI is InChI=1S/C27H33NO2/c1-4-7-9-11-19-29-26-22-25(14-13-23-15-17-28-18-16-23)27(21-24(26)6-3)30-20-12-10-8-5-2/h3,15-18,21-22H,4-5,7-12,19-20H2,1-2H3. The van der Waals surface area contributed by atoms with Crippen LogP contribution < -0.4 is 9.47 Å². The van der Waals surface area contributed by atoms with E-state index in [1.807, 2.05) is 24.3 Å². The van der Waals surface area contributed by atoms with Crippen LogP contribution in [0.15, 0.2) is 36.7 Å². The van der Waals surface area contributed by atoms with Gasteiger partial charge in [-0.2, -0.15) is 0 Å². The molecule has 0 radical (unpaired) electrons. The molecule has 0 atom stereocenters. The molecule has 3 nitrogen and oxygen atoms in total. The summed E-state index contributed by atoms with van der Waals surface area (Å²) in [6, 6.07) is 7.58. The Kier molecular flexibility index (Phi) is 11.0. The lowest BCUT2D eigenvalue weighted by atomic mass is 10.1. The number of ether oxygens (including phenoxy) is 2. The first-order valence-corrected chi connectivity index (χ1v) is 11.1. The van der Waals surface area contributed by atoms with Gasteiger partial charge in [0.2, 0.25) is 0 Å². The molecule has 158 valence electrons. The molecule has 0 N–H and O–H groups in total. The van der Waals surface area contributed by atoms with E-state index in [4.69, 9.17) is 15.9 Å². The zero-order valence-electron chi connectivity index (χ0n) is 18.4. The summed E-state index contributed by atoms with van der Waals surface area (Å²) >= 11 is 0. The molecule has 0 saturated heterocycles. The van der Waals surface area contributed by atoms with E-state index >= 15 is 0 Å². The topological polar surface area (TPSA) is 31.4 Å². The lowest BCUT2D eigenvalue weighted by molar-refractivity contribution is 0.295. The Morgan fingerprint density at radius 2 is 1.33 bits per heavy atom. The molecule has 0 bridgehead atoms. The summed E-state index contributed by atoms with van der Waals surface area (Å²) in [6.07, 6.45) is 18.4. The van der Waals surface area contributed by atoms with E-state index < -0.39 is 0 Å². The van der Waals surface area contributed by atoms with Gasteiger partial charge in [-0.3, -0.25) is 4.98 Å². The predicted octanol–water partition coefficient (Wildman–Crippen LogP) is 6.38. The quantitative estimate of drug-likeness (QED) is 0.304. The fourth-order valence-corrected chi connectivity index (χ4v) is 3.01. The highest BCUT2D eigenvalue weighted by Crippen LogP contribution is 2.29. The van der Waals surface area contributed by atoms with E-state index in [1.54, 1.807) is 12.4 Å². The SMILES string of the molecule is C#Cc1cc(OCCCCCC)c(C#Cc2ccncc2)cc1OCCCCCC. The fourth-order valence-electron chi connectivity index (χ4n) is 3.01. The Hall–Kier alpha value is -2.91. The van der Waals surface area contributed by atoms with Gasteiger partial charge in [0.05, 0.1) is 24.3 Å². The van der Waals surface area contributed by atoms with Gasteiger partial charge in [0.1, 0.15) is 11.5 Å². The van der Waals surface area contributed by atoms with Gasteiger partial charge >= 0.3 is 0 Å². The molecule has 1 aromatic heterocycles. The zero-order valence-corrected chi connectivity index (χ0v) is 18.4. The number of terminal acetylenes is 1. The second-order valence-corrected chi connectivity index (χ2v) is 7.29. The van der Waals surface area contributed by atoms with E-state index in [-0.39, 0.29) is 0 Å². The summed E-state index contributed by atoms with van der Waals surface area (Å²) in [5, 5.41) is 0. The second kappa shape index (κ2) is 14.1. The van der Waals surface area contributed by atoms with Crippen LogP contribution in [0, 0.1) is 24.2 Å². The van der Waals surface area contributed by atoms with E-state index in [0.29, 0.717) is 24.5 Å². The molecule has 3 heteroatoms. The van der Waals surface area contributed by atoms with Crippen LogP contribution in [0.3, 0.4) is 0 Å². The van der Waals surface area contributed by atoms with Gasteiger partial charge in [-0.15, -0.1) is 6.42 Å². The molecule has 1 aromatic carbocycles. The van der Waals surface area contributed by atoms with Crippen molar-refractivity contribution in [2.24, 2.45) is 0 Å². The molecule has 0 unspecified atom stereocenters. The molecule has 1 heterocycles. The third kappa shape index (κ3) is 8.22. The minimum Gasteiger partial charge on any atom is -0.492 e. The van der Waals surface area contributed by atoms with Crippen LogP contribution in [0.5, 0.6) is 11.5 Å². The molecule has 0 fully saturated rings. The van der Waals surface area contributed by atoms with Crippen molar-refractivity contribution in [1.82, 2.24) is 4.98 Å². The Morgan fingerprint density at radius 1 is 0.767 bits per heavy atom. The van der Waals surface area contributed by atoms with Crippen LogP contribution in [0.4, 0.5) is 0 Å². The molecule has 0 aliphatic rings. The van der Waals surface area contributed by atoms with E-state index in [0.717, 1.165) is 42.6 Å². The number of nitrogens with zero attached hydrogens (tertiary/aromatic N) is 1. The van der Waals surface area contributed by atoms with Crippen molar-refractivity contribution in [2.45, 2.75) is 65.2 Å². The van der Waals surface area contributed by atoms with Gasteiger partial charge in [-0.25, -0.2) is 0 Å². The molecule has 0 saturated carbocycles. The third-order valence-electron chi connectivity index (χ3n) is 4.77. The fraction of sp³-hybridized carbons (Fsp3) is 0.444. The number of benzene rings is 1. The molecule has 0 aliphatic heterocycles. The molecular weight excluding hydrogens is 370 g/mol. The number of hydrogen-bond donors (Lipinski definition) is 0. The van der Waals surface area contributed by atoms with E-state index in [1.165, 1.54) is 25.7 Å². The first-order chi connectivity index (χ1) is 14.8. The minimum atomic E-state index is 0.656. The average Bonchev–Trinajstić information content (AvgIpc) is 2.78. The Balaban J connectivity index is 2.20. The van der Waals surface area contributed by atoms with Crippen molar-refractivity contribution in [1.29, 1.82) is 0 Å². The number of pyridine rings is 1. The van der Waals surface area contributed by atoms with Crippen molar-refractivity contribution in [3.63, 3.8) is 0 Å². The average molecular weight is 404 g/mol. The minimum absolute atomic E-state index is 0.656.